The number of ether oxygens (including phenoxy) is 3. The van der Waals surface area contributed by atoms with E-state index in [1.165, 1.54) is 6.07 Å². The number of phenolic OH excluding ortho intramolecular Hbond substituents is 1. The lowest BCUT2D eigenvalue weighted by atomic mass is 9.83. The molecule has 0 aliphatic carbocycles. The highest BCUT2D eigenvalue weighted by Gasteiger charge is 2.32. The molecule has 0 radical (unpaired) electrons. The van der Waals surface area contributed by atoms with E-state index < -0.39 is 5.92 Å². The number of rotatable bonds is 6. The Morgan fingerprint density at radius 1 is 1.18 bits per heavy atom. The Balaban J connectivity index is 1.77. The monoisotopic (exact) mass is 526 g/mol. The van der Waals surface area contributed by atoms with Crippen LogP contribution in [0, 0.1) is 11.3 Å². The number of nitrogens with zero attached hydrogens (tertiary/aromatic N) is 1. The highest BCUT2D eigenvalue weighted by Crippen LogP contribution is 2.47. The number of phenols is 1. The summed E-state index contributed by atoms with van der Waals surface area (Å²) in [5.41, 5.74) is 8.62. The molecule has 6 nitrogen and oxygen atoms in total. The Morgan fingerprint density at radius 3 is 2.70 bits per heavy atom. The number of halogens is 2. The van der Waals surface area contributed by atoms with Crippen molar-refractivity contribution in [3.05, 3.63) is 92.2 Å². The first-order chi connectivity index (χ1) is 15.9. The molecule has 1 atom stereocenters. The van der Waals surface area contributed by atoms with Crippen molar-refractivity contribution < 1.29 is 19.3 Å². The maximum absolute atomic E-state index is 9.87. The first-order valence-corrected chi connectivity index (χ1v) is 11.3. The fraction of sp³-hybridized carbons (Fsp3) is 0.160. The molecule has 0 unspecified atom stereocenters. The fourth-order valence-electron chi connectivity index (χ4n) is 3.71. The Hall–Kier alpha value is -3.34. The van der Waals surface area contributed by atoms with E-state index in [-0.39, 0.29) is 23.8 Å². The highest BCUT2D eigenvalue weighted by molar-refractivity contribution is 9.10. The Bertz CT molecular complexity index is 1290. The van der Waals surface area contributed by atoms with Crippen LogP contribution in [0.1, 0.15) is 29.5 Å². The average molecular weight is 528 g/mol. The normalized spacial score (nSPS) is 14.8. The van der Waals surface area contributed by atoms with Gasteiger partial charge in [0.05, 0.1) is 17.0 Å². The molecule has 0 saturated carbocycles. The van der Waals surface area contributed by atoms with Gasteiger partial charge in [-0.1, -0.05) is 35.9 Å². The van der Waals surface area contributed by atoms with Gasteiger partial charge in [0.1, 0.15) is 29.7 Å². The van der Waals surface area contributed by atoms with Gasteiger partial charge in [-0.15, -0.1) is 0 Å². The third kappa shape index (κ3) is 4.58. The summed E-state index contributed by atoms with van der Waals surface area (Å²) in [5.74, 6) is 0.955. The number of hydrogen-bond donors (Lipinski definition) is 2. The number of fused-ring (bicyclic) bond motifs is 1. The zero-order valence-electron chi connectivity index (χ0n) is 17.6. The van der Waals surface area contributed by atoms with E-state index in [4.69, 9.17) is 31.5 Å². The van der Waals surface area contributed by atoms with Crippen LogP contribution in [0.4, 0.5) is 0 Å². The third-order valence-electron chi connectivity index (χ3n) is 5.20. The topological polar surface area (TPSA) is 97.7 Å². The summed E-state index contributed by atoms with van der Waals surface area (Å²) >= 11 is 9.86. The summed E-state index contributed by atoms with van der Waals surface area (Å²) in [6.07, 6.45) is 0. The summed E-state index contributed by atoms with van der Waals surface area (Å²) in [4.78, 5) is 0. The zero-order valence-corrected chi connectivity index (χ0v) is 20.0. The minimum atomic E-state index is -0.507. The van der Waals surface area contributed by atoms with E-state index >= 15 is 0 Å². The third-order valence-corrected chi connectivity index (χ3v) is 6.16. The average Bonchev–Trinajstić information content (AvgIpc) is 2.78. The molecule has 4 rings (SSSR count). The number of nitriles is 1. The van der Waals surface area contributed by atoms with E-state index in [1.807, 2.05) is 43.3 Å². The van der Waals surface area contributed by atoms with Crippen LogP contribution < -0.4 is 19.9 Å². The first kappa shape index (κ1) is 22.8. The van der Waals surface area contributed by atoms with Crippen LogP contribution in [-0.2, 0) is 6.61 Å². The van der Waals surface area contributed by atoms with Crippen molar-refractivity contribution in [2.45, 2.75) is 19.4 Å². The van der Waals surface area contributed by atoms with Crippen LogP contribution in [-0.4, -0.2) is 11.7 Å². The minimum Gasteiger partial charge on any atom is -0.508 e. The Labute approximate surface area is 204 Å². The first-order valence-electron chi connectivity index (χ1n) is 10.2. The van der Waals surface area contributed by atoms with Crippen LogP contribution in [0.25, 0.3) is 0 Å². The van der Waals surface area contributed by atoms with Crippen molar-refractivity contribution in [1.29, 1.82) is 5.26 Å². The molecule has 0 amide bonds. The van der Waals surface area contributed by atoms with Gasteiger partial charge >= 0.3 is 0 Å². The summed E-state index contributed by atoms with van der Waals surface area (Å²) in [6, 6.07) is 18.0. The number of nitrogens with two attached hydrogens (primary N) is 1. The molecule has 1 aliphatic heterocycles. The van der Waals surface area contributed by atoms with Crippen molar-refractivity contribution >= 4 is 27.5 Å². The predicted molar refractivity (Wildman–Crippen MR) is 128 cm³/mol. The van der Waals surface area contributed by atoms with Gasteiger partial charge in [-0.2, -0.15) is 5.26 Å². The summed E-state index contributed by atoms with van der Waals surface area (Å²) in [5, 5.41) is 20.3. The van der Waals surface area contributed by atoms with Gasteiger partial charge in [0.2, 0.25) is 5.88 Å². The number of hydrogen-bond acceptors (Lipinski definition) is 6. The molecule has 168 valence electrons. The van der Waals surface area contributed by atoms with Crippen LogP contribution in [0.5, 0.6) is 23.0 Å². The summed E-state index contributed by atoms with van der Waals surface area (Å²) < 4.78 is 18.2. The van der Waals surface area contributed by atoms with Crippen LogP contribution in [0.3, 0.4) is 0 Å². The van der Waals surface area contributed by atoms with E-state index in [9.17, 15) is 10.4 Å². The van der Waals surface area contributed by atoms with E-state index in [1.54, 1.807) is 12.1 Å². The van der Waals surface area contributed by atoms with Crippen LogP contribution >= 0.6 is 27.5 Å². The largest absolute Gasteiger partial charge is 0.508 e. The van der Waals surface area contributed by atoms with E-state index in [0.29, 0.717) is 38.9 Å². The lowest BCUT2D eigenvalue weighted by Crippen LogP contribution is -2.21. The standard InChI is InChI=1S/C25H20BrClN2O4/c1-2-31-22-10-15(9-19(26)24(22)32-13-14-5-3-4-6-20(14)27)23-17-8-7-16(30)11-21(17)33-25(29)18(23)12-28/h3-11,23,30H,2,13,29H2,1H3/t23-/m1/s1. The number of aromatic hydroxyl groups is 1. The number of benzene rings is 3. The molecule has 0 spiro atoms. The molecule has 3 aromatic carbocycles. The molecular formula is C25H20BrClN2O4. The molecule has 0 aromatic heterocycles. The quantitative estimate of drug-likeness (QED) is 0.408. The van der Waals surface area contributed by atoms with Gasteiger partial charge in [0, 0.05) is 22.2 Å². The Morgan fingerprint density at radius 2 is 1.97 bits per heavy atom. The maximum Gasteiger partial charge on any atom is 0.205 e. The van der Waals surface area contributed by atoms with Crippen molar-refractivity contribution in [3.8, 4) is 29.1 Å². The molecular weight excluding hydrogens is 508 g/mol. The van der Waals surface area contributed by atoms with Gasteiger partial charge in [-0.25, -0.2) is 0 Å². The maximum atomic E-state index is 9.87. The lowest BCUT2D eigenvalue weighted by Gasteiger charge is -2.27. The van der Waals surface area contributed by atoms with Gasteiger partial charge in [0.15, 0.2) is 11.5 Å². The van der Waals surface area contributed by atoms with E-state index in [0.717, 1.165) is 11.1 Å². The van der Waals surface area contributed by atoms with Crippen molar-refractivity contribution in [2.24, 2.45) is 5.73 Å². The molecule has 3 aromatic rings. The summed E-state index contributed by atoms with van der Waals surface area (Å²) in [7, 11) is 0. The molecule has 33 heavy (non-hydrogen) atoms. The van der Waals surface area contributed by atoms with Gasteiger partial charge in [-0.3, -0.25) is 0 Å². The van der Waals surface area contributed by atoms with Gasteiger partial charge in [0.25, 0.3) is 0 Å². The molecule has 0 saturated heterocycles. The molecule has 0 fully saturated rings. The SMILES string of the molecule is CCOc1cc([C@H]2C(C#N)=C(N)Oc3cc(O)ccc32)cc(Br)c1OCc1ccccc1Cl. The second kappa shape index (κ2) is 9.65. The van der Waals surface area contributed by atoms with Crippen molar-refractivity contribution in [2.75, 3.05) is 6.61 Å². The summed E-state index contributed by atoms with van der Waals surface area (Å²) in [6.45, 7) is 2.55. The zero-order chi connectivity index (χ0) is 23.5. The molecule has 8 heteroatoms. The Kier molecular flexibility index (Phi) is 6.68. The smallest absolute Gasteiger partial charge is 0.205 e. The molecule has 3 N–H and O–H groups in total. The van der Waals surface area contributed by atoms with Crippen LogP contribution in [0.15, 0.2) is 70.5 Å². The lowest BCUT2D eigenvalue weighted by molar-refractivity contribution is 0.267. The second-order valence-corrected chi connectivity index (χ2v) is 8.55. The van der Waals surface area contributed by atoms with E-state index in [2.05, 4.69) is 22.0 Å². The van der Waals surface area contributed by atoms with Crippen LogP contribution in [0.2, 0.25) is 5.02 Å². The molecule has 0 bridgehead atoms. The van der Waals surface area contributed by atoms with Gasteiger partial charge in [-0.05, 0) is 52.7 Å². The highest BCUT2D eigenvalue weighted by atomic mass is 79.9. The van der Waals surface area contributed by atoms with Crippen molar-refractivity contribution in [1.82, 2.24) is 0 Å². The molecule has 1 aliphatic rings. The van der Waals surface area contributed by atoms with Crippen molar-refractivity contribution in [3.63, 3.8) is 0 Å². The minimum absolute atomic E-state index is 0.00581. The van der Waals surface area contributed by atoms with Gasteiger partial charge < -0.3 is 25.1 Å². The predicted octanol–water partition coefficient (Wildman–Crippen LogP) is 6.00. The fourth-order valence-corrected chi connectivity index (χ4v) is 4.47. The second-order valence-electron chi connectivity index (χ2n) is 7.29. The number of allylic oxidation sites excluding steroid dienone is 1. The molecule has 1 heterocycles.